The largest absolute Gasteiger partial charge is 0.332 e. The highest BCUT2D eigenvalue weighted by molar-refractivity contribution is 7.92. The van der Waals surface area contributed by atoms with Crippen LogP contribution in [-0.4, -0.2) is 28.2 Å². The maximum Gasteiger partial charge on any atom is 0.280 e. The SMILES string of the molecule is CCc1ncc(S(=O)(=O)Nc2ccnn2C)[nH]1. The van der Waals surface area contributed by atoms with E-state index in [9.17, 15) is 8.42 Å². The van der Waals surface area contributed by atoms with Crippen LogP contribution in [0.15, 0.2) is 23.5 Å². The van der Waals surface area contributed by atoms with Crippen molar-refractivity contribution in [2.45, 2.75) is 18.4 Å². The summed E-state index contributed by atoms with van der Waals surface area (Å²) in [7, 11) is -1.97. The number of nitrogens with zero attached hydrogens (tertiary/aromatic N) is 3. The molecule has 0 aliphatic carbocycles. The number of aromatic nitrogens is 4. The highest BCUT2D eigenvalue weighted by Gasteiger charge is 2.18. The Morgan fingerprint density at radius 2 is 2.29 bits per heavy atom. The number of aromatic amines is 1. The quantitative estimate of drug-likeness (QED) is 0.832. The molecule has 0 amide bonds. The highest BCUT2D eigenvalue weighted by atomic mass is 32.2. The molecule has 2 rings (SSSR count). The fourth-order valence-electron chi connectivity index (χ4n) is 1.33. The van der Waals surface area contributed by atoms with Gasteiger partial charge in [0.1, 0.15) is 11.6 Å². The van der Waals surface area contributed by atoms with E-state index in [4.69, 9.17) is 0 Å². The zero-order valence-corrected chi connectivity index (χ0v) is 10.3. The maximum atomic E-state index is 12.0. The lowest BCUT2D eigenvalue weighted by atomic mass is 10.5. The maximum absolute atomic E-state index is 12.0. The summed E-state index contributed by atoms with van der Waals surface area (Å²) in [6.45, 7) is 1.89. The zero-order chi connectivity index (χ0) is 12.5. The predicted octanol–water partition coefficient (Wildman–Crippen LogP) is 0.506. The minimum atomic E-state index is -3.62. The number of nitrogens with one attached hydrogen (secondary N) is 2. The topological polar surface area (TPSA) is 92.7 Å². The molecular weight excluding hydrogens is 242 g/mol. The van der Waals surface area contributed by atoms with Crippen molar-refractivity contribution in [1.82, 2.24) is 19.7 Å². The number of hydrogen-bond donors (Lipinski definition) is 2. The van der Waals surface area contributed by atoms with Crippen LogP contribution in [0.25, 0.3) is 0 Å². The van der Waals surface area contributed by atoms with Crippen LogP contribution in [0.5, 0.6) is 0 Å². The lowest BCUT2D eigenvalue weighted by Gasteiger charge is -2.05. The van der Waals surface area contributed by atoms with Crippen LogP contribution in [0, 0.1) is 0 Å². The molecule has 92 valence electrons. The van der Waals surface area contributed by atoms with Gasteiger partial charge in [-0.25, -0.2) is 4.98 Å². The van der Waals surface area contributed by atoms with Crippen LogP contribution in [0.4, 0.5) is 5.82 Å². The molecule has 0 aliphatic heterocycles. The van der Waals surface area contributed by atoms with Crippen molar-refractivity contribution in [3.8, 4) is 0 Å². The molecule has 8 heteroatoms. The molecule has 0 spiro atoms. The Labute approximate surface area is 98.9 Å². The molecule has 0 radical (unpaired) electrons. The Morgan fingerprint density at radius 1 is 1.53 bits per heavy atom. The van der Waals surface area contributed by atoms with Gasteiger partial charge in [0.2, 0.25) is 0 Å². The van der Waals surface area contributed by atoms with Crippen molar-refractivity contribution in [2.75, 3.05) is 4.72 Å². The van der Waals surface area contributed by atoms with Crippen molar-refractivity contribution in [3.63, 3.8) is 0 Å². The van der Waals surface area contributed by atoms with E-state index in [1.165, 1.54) is 17.1 Å². The van der Waals surface area contributed by atoms with E-state index in [2.05, 4.69) is 19.8 Å². The Balaban J connectivity index is 2.28. The van der Waals surface area contributed by atoms with Gasteiger partial charge in [-0.1, -0.05) is 6.92 Å². The summed E-state index contributed by atoms with van der Waals surface area (Å²) in [5.41, 5.74) is 0. The summed E-state index contributed by atoms with van der Waals surface area (Å²) in [6.07, 6.45) is 3.47. The molecule has 2 aromatic rings. The Bertz CT molecular complexity index is 613. The van der Waals surface area contributed by atoms with E-state index < -0.39 is 10.0 Å². The van der Waals surface area contributed by atoms with Gasteiger partial charge in [0.15, 0.2) is 5.03 Å². The third kappa shape index (κ3) is 2.31. The molecule has 2 heterocycles. The lowest BCUT2D eigenvalue weighted by molar-refractivity contribution is 0.597. The number of anilines is 1. The molecule has 0 saturated heterocycles. The van der Waals surface area contributed by atoms with Gasteiger partial charge in [0.25, 0.3) is 10.0 Å². The standard InChI is InChI=1S/C9H13N5O2S/c1-3-7-10-6-9(12-7)17(15,16)13-8-4-5-11-14(8)2/h4-6,13H,3H2,1-2H3,(H,10,12). The molecule has 0 aromatic carbocycles. The van der Waals surface area contributed by atoms with Crippen molar-refractivity contribution in [1.29, 1.82) is 0 Å². The number of H-pyrrole nitrogens is 1. The average Bonchev–Trinajstić information content (AvgIpc) is 2.88. The van der Waals surface area contributed by atoms with E-state index in [0.29, 0.717) is 18.1 Å². The average molecular weight is 255 g/mol. The first-order chi connectivity index (χ1) is 8.03. The van der Waals surface area contributed by atoms with Crippen molar-refractivity contribution in [3.05, 3.63) is 24.3 Å². The summed E-state index contributed by atoms with van der Waals surface area (Å²) in [5, 5.41) is 3.93. The van der Waals surface area contributed by atoms with Crippen LogP contribution in [0.1, 0.15) is 12.7 Å². The van der Waals surface area contributed by atoms with E-state index in [0.717, 1.165) is 0 Å². The minimum absolute atomic E-state index is 0.0514. The fraction of sp³-hybridized carbons (Fsp3) is 0.333. The molecule has 0 fully saturated rings. The Hall–Kier alpha value is -1.83. The lowest BCUT2D eigenvalue weighted by Crippen LogP contribution is -2.15. The molecule has 2 N–H and O–H groups in total. The first-order valence-corrected chi connectivity index (χ1v) is 6.56. The summed E-state index contributed by atoms with van der Waals surface area (Å²) in [6, 6.07) is 1.58. The minimum Gasteiger partial charge on any atom is -0.332 e. The molecule has 0 saturated carbocycles. The van der Waals surface area contributed by atoms with E-state index >= 15 is 0 Å². The third-order valence-corrected chi connectivity index (χ3v) is 3.55. The molecule has 0 atom stereocenters. The van der Waals surface area contributed by atoms with Crippen LogP contribution >= 0.6 is 0 Å². The van der Waals surface area contributed by atoms with Gasteiger partial charge in [-0.2, -0.15) is 13.5 Å². The first-order valence-electron chi connectivity index (χ1n) is 5.07. The molecule has 7 nitrogen and oxygen atoms in total. The third-order valence-electron chi connectivity index (χ3n) is 2.29. The molecule has 0 bridgehead atoms. The van der Waals surface area contributed by atoms with E-state index in [-0.39, 0.29) is 5.03 Å². The van der Waals surface area contributed by atoms with Gasteiger partial charge in [-0.3, -0.25) is 9.40 Å². The Morgan fingerprint density at radius 3 is 2.82 bits per heavy atom. The van der Waals surface area contributed by atoms with E-state index in [1.54, 1.807) is 13.1 Å². The van der Waals surface area contributed by atoms with Gasteiger partial charge in [-0.15, -0.1) is 0 Å². The fourth-order valence-corrected chi connectivity index (χ4v) is 2.36. The molecular formula is C9H13N5O2S. The van der Waals surface area contributed by atoms with Gasteiger partial charge in [0.05, 0.1) is 12.4 Å². The van der Waals surface area contributed by atoms with Crippen LogP contribution < -0.4 is 4.72 Å². The number of hydrogen-bond acceptors (Lipinski definition) is 4. The number of rotatable bonds is 4. The van der Waals surface area contributed by atoms with E-state index in [1.807, 2.05) is 6.92 Å². The van der Waals surface area contributed by atoms with Gasteiger partial charge < -0.3 is 4.98 Å². The number of aryl methyl sites for hydroxylation is 2. The monoisotopic (exact) mass is 255 g/mol. The summed E-state index contributed by atoms with van der Waals surface area (Å²) >= 11 is 0. The summed E-state index contributed by atoms with van der Waals surface area (Å²) < 4.78 is 27.8. The van der Waals surface area contributed by atoms with Crippen LogP contribution in [-0.2, 0) is 23.5 Å². The second-order valence-electron chi connectivity index (χ2n) is 3.49. The second kappa shape index (κ2) is 4.21. The zero-order valence-electron chi connectivity index (χ0n) is 9.51. The van der Waals surface area contributed by atoms with Gasteiger partial charge in [-0.05, 0) is 0 Å². The summed E-state index contributed by atoms with van der Waals surface area (Å²) in [5.74, 6) is 1.04. The van der Waals surface area contributed by atoms with Crippen molar-refractivity contribution >= 4 is 15.8 Å². The number of sulfonamides is 1. The molecule has 0 unspecified atom stereocenters. The summed E-state index contributed by atoms with van der Waals surface area (Å²) in [4.78, 5) is 6.70. The van der Waals surface area contributed by atoms with Crippen molar-refractivity contribution < 1.29 is 8.42 Å². The second-order valence-corrected chi connectivity index (χ2v) is 5.14. The molecule has 2 aromatic heterocycles. The van der Waals surface area contributed by atoms with Gasteiger partial charge in [0, 0.05) is 19.5 Å². The predicted molar refractivity (Wildman–Crippen MR) is 62.0 cm³/mol. The van der Waals surface area contributed by atoms with Crippen molar-refractivity contribution in [2.24, 2.45) is 7.05 Å². The van der Waals surface area contributed by atoms with Crippen LogP contribution in [0.3, 0.4) is 0 Å². The molecule has 17 heavy (non-hydrogen) atoms. The normalized spacial score (nSPS) is 11.6. The Kier molecular flexibility index (Phi) is 2.88. The van der Waals surface area contributed by atoms with Crippen LogP contribution in [0.2, 0.25) is 0 Å². The highest BCUT2D eigenvalue weighted by Crippen LogP contribution is 2.13. The van der Waals surface area contributed by atoms with Gasteiger partial charge >= 0.3 is 0 Å². The first kappa shape index (κ1) is 11.6. The number of imidazole rings is 1. The smallest absolute Gasteiger partial charge is 0.280 e. The molecule has 0 aliphatic rings.